The van der Waals surface area contributed by atoms with Crippen molar-refractivity contribution in [1.82, 2.24) is 18.5 Å². The Hall–Kier alpha value is -7.83. The van der Waals surface area contributed by atoms with Crippen LogP contribution in [-0.2, 0) is 0 Å². The van der Waals surface area contributed by atoms with Gasteiger partial charge in [0, 0.05) is 38.9 Å². The highest BCUT2D eigenvalue weighted by Gasteiger charge is 2.24. The second-order valence-corrected chi connectivity index (χ2v) is 14.5. The molecule has 4 aromatic heterocycles. The first-order chi connectivity index (χ1) is 28.3. The monoisotopic (exact) mass is 731 g/mol. The number of para-hydroxylation sites is 4. The van der Waals surface area contributed by atoms with Crippen molar-refractivity contribution in [1.29, 1.82) is 0 Å². The molecule has 0 aliphatic carbocycles. The molecule has 0 saturated heterocycles. The first-order valence-corrected chi connectivity index (χ1v) is 19.2. The maximum Gasteiger partial charge on any atom is 0.232 e. The lowest BCUT2D eigenvalue weighted by Gasteiger charge is -2.26. The van der Waals surface area contributed by atoms with E-state index < -0.39 is 0 Å². The average molecular weight is 732 g/mol. The summed E-state index contributed by atoms with van der Waals surface area (Å²) in [5, 5.41) is 3.55. The molecule has 57 heavy (non-hydrogen) atoms. The summed E-state index contributed by atoms with van der Waals surface area (Å²) in [6.45, 7) is 0. The number of benzene rings is 8. The summed E-state index contributed by atoms with van der Waals surface area (Å²) < 4.78 is 13.3. The van der Waals surface area contributed by atoms with Gasteiger partial charge in [-0.2, -0.15) is 0 Å². The smallest absolute Gasteiger partial charge is 0.232 e. The van der Waals surface area contributed by atoms with Crippen LogP contribution in [0.2, 0.25) is 0 Å². The maximum absolute atomic E-state index is 6.53. The Morgan fingerprint density at radius 3 is 1.67 bits per heavy atom. The van der Waals surface area contributed by atoms with Crippen LogP contribution in [0.25, 0.3) is 83.3 Å². The van der Waals surface area contributed by atoms with Crippen molar-refractivity contribution in [3.8, 4) is 22.5 Å². The van der Waals surface area contributed by atoms with Crippen molar-refractivity contribution in [2.75, 3.05) is 4.90 Å². The number of anilines is 3. The van der Waals surface area contributed by atoms with Crippen LogP contribution in [0.4, 0.5) is 17.1 Å². The van der Waals surface area contributed by atoms with Gasteiger partial charge in [-0.05, 0) is 102 Å². The quantitative estimate of drug-likeness (QED) is 0.171. The van der Waals surface area contributed by atoms with Gasteiger partial charge in [0.2, 0.25) is 11.5 Å². The minimum atomic E-state index is 0.777. The predicted molar refractivity (Wildman–Crippen MR) is 234 cm³/mol. The average Bonchev–Trinajstić information content (AvgIpc) is 4.01. The van der Waals surface area contributed by atoms with Gasteiger partial charge in [0.25, 0.3) is 0 Å². The normalized spacial score (nSPS) is 11.9. The molecular formula is C51H33N5O. The Balaban J connectivity index is 1.04. The Morgan fingerprint density at radius 2 is 0.965 bits per heavy atom. The Morgan fingerprint density at radius 1 is 0.421 bits per heavy atom. The lowest BCUT2D eigenvalue weighted by molar-refractivity contribution is 0.645. The first kappa shape index (κ1) is 31.5. The largest absolute Gasteiger partial charge is 0.437 e. The predicted octanol–water partition coefficient (Wildman–Crippen LogP) is 13.4. The molecule has 0 N–H and O–H groups in total. The zero-order chi connectivity index (χ0) is 37.5. The summed E-state index contributed by atoms with van der Waals surface area (Å²) in [4.78, 5) is 7.66. The van der Waals surface area contributed by atoms with Gasteiger partial charge in [-0.1, -0.05) is 109 Å². The fourth-order valence-corrected chi connectivity index (χ4v) is 8.68. The molecule has 0 spiro atoms. The van der Waals surface area contributed by atoms with E-state index in [0.717, 1.165) is 67.4 Å². The number of hydrogen-bond acceptors (Lipinski definition) is 3. The molecule has 0 fully saturated rings. The van der Waals surface area contributed by atoms with Crippen LogP contribution in [-0.4, -0.2) is 18.5 Å². The van der Waals surface area contributed by atoms with Crippen molar-refractivity contribution in [2.45, 2.75) is 0 Å². The van der Waals surface area contributed by atoms with E-state index in [2.05, 4.69) is 200 Å². The molecule has 0 radical (unpaired) electrons. The number of nitrogens with zero attached hydrogens (tertiary/aromatic N) is 5. The molecule has 0 saturated carbocycles. The van der Waals surface area contributed by atoms with Crippen LogP contribution >= 0.6 is 0 Å². The third-order valence-corrected chi connectivity index (χ3v) is 11.2. The van der Waals surface area contributed by atoms with Crippen molar-refractivity contribution in [2.24, 2.45) is 0 Å². The molecule has 0 aliphatic heterocycles. The molecule has 0 unspecified atom stereocenters. The zero-order valence-electron chi connectivity index (χ0n) is 30.7. The fraction of sp³-hybridized carbons (Fsp3) is 0. The van der Waals surface area contributed by atoms with Crippen LogP contribution in [0.15, 0.2) is 205 Å². The molecule has 268 valence electrons. The van der Waals surface area contributed by atoms with Gasteiger partial charge in [-0.15, -0.1) is 0 Å². The molecule has 6 nitrogen and oxygen atoms in total. The summed E-state index contributed by atoms with van der Waals surface area (Å²) in [5.74, 6) is 0.808. The van der Waals surface area contributed by atoms with E-state index in [0.29, 0.717) is 0 Å². The van der Waals surface area contributed by atoms with Crippen LogP contribution in [0, 0.1) is 0 Å². The topological polar surface area (TPSA) is 43.5 Å². The van der Waals surface area contributed by atoms with E-state index in [-0.39, 0.29) is 0 Å². The van der Waals surface area contributed by atoms with Crippen molar-refractivity contribution in [3.63, 3.8) is 0 Å². The van der Waals surface area contributed by atoms with Gasteiger partial charge in [0.05, 0.1) is 27.8 Å². The standard InChI is InChI=1S/C51H33N5O/c1-3-13-34(14-4-1)35-23-25-37(26-24-35)53(38-27-29-39(30-28-38)54-45-20-10-7-17-41(45)42-18-8-11-21-46(42)54)40-31-32-47-44(33-40)52-51-55(36-15-5-2-6-16-36)50-49(56(47)51)43-19-9-12-22-48(43)57-50/h1-33H. The molecule has 0 amide bonds. The number of rotatable bonds is 6. The van der Waals surface area contributed by atoms with E-state index >= 15 is 0 Å². The Kier molecular flexibility index (Phi) is 6.83. The molecule has 12 aromatic rings. The zero-order valence-corrected chi connectivity index (χ0v) is 30.7. The third kappa shape index (κ3) is 4.81. The van der Waals surface area contributed by atoms with E-state index in [1.165, 1.54) is 32.9 Å². The van der Waals surface area contributed by atoms with Crippen LogP contribution in [0.3, 0.4) is 0 Å². The second-order valence-electron chi connectivity index (χ2n) is 14.5. The third-order valence-electron chi connectivity index (χ3n) is 11.2. The van der Waals surface area contributed by atoms with Crippen LogP contribution in [0.1, 0.15) is 0 Å². The molecular weight excluding hydrogens is 699 g/mol. The van der Waals surface area contributed by atoms with Gasteiger partial charge < -0.3 is 13.9 Å². The van der Waals surface area contributed by atoms with Crippen molar-refractivity contribution in [3.05, 3.63) is 200 Å². The van der Waals surface area contributed by atoms with Gasteiger partial charge >= 0.3 is 0 Å². The molecule has 12 rings (SSSR count). The molecule has 6 heteroatoms. The maximum atomic E-state index is 6.53. The summed E-state index contributed by atoms with van der Waals surface area (Å²) >= 11 is 0. The van der Waals surface area contributed by atoms with Crippen molar-refractivity contribution >= 4 is 77.9 Å². The first-order valence-electron chi connectivity index (χ1n) is 19.2. The Bertz CT molecular complexity index is 3390. The molecule has 0 atom stereocenters. The van der Waals surface area contributed by atoms with Gasteiger partial charge in [0.15, 0.2) is 0 Å². The summed E-state index contributed by atoms with van der Waals surface area (Å²) in [7, 11) is 0. The molecule has 0 bridgehead atoms. The summed E-state index contributed by atoms with van der Waals surface area (Å²) in [5.41, 5.74) is 14.5. The molecule has 8 aromatic carbocycles. The van der Waals surface area contributed by atoms with Gasteiger partial charge in [-0.25, -0.2) is 9.55 Å². The highest BCUT2D eigenvalue weighted by atomic mass is 16.3. The fourth-order valence-electron chi connectivity index (χ4n) is 8.68. The van der Waals surface area contributed by atoms with E-state index in [4.69, 9.17) is 9.40 Å². The van der Waals surface area contributed by atoms with E-state index in [1.54, 1.807) is 0 Å². The summed E-state index contributed by atoms with van der Waals surface area (Å²) in [6, 6.07) is 70.7. The minimum absolute atomic E-state index is 0.777. The highest BCUT2D eigenvalue weighted by molar-refractivity contribution is 6.09. The highest BCUT2D eigenvalue weighted by Crippen LogP contribution is 2.41. The minimum Gasteiger partial charge on any atom is -0.437 e. The second kappa shape index (κ2) is 12.3. The van der Waals surface area contributed by atoms with Gasteiger partial charge in [0.1, 0.15) is 11.1 Å². The Labute approximate surface area is 327 Å². The molecule has 0 aliphatic rings. The lowest BCUT2D eigenvalue weighted by atomic mass is 10.0. The number of hydrogen-bond donors (Lipinski definition) is 0. The van der Waals surface area contributed by atoms with Crippen LogP contribution in [0.5, 0.6) is 0 Å². The lowest BCUT2D eigenvalue weighted by Crippen LogP contribution is -2.10. The van der Waals surface area contributed by atoms with Crippen LogP contribution < -0.4 is 4.90 Å². The van der Waals surface area contributed by atoms with Crippen molar-refractivity contribution < 1.29 is 4.42 Å². The number of imidazole rings is 2. The van der Waals surface area contributed by atoms with E-state index in [1.807, 2.05) is 18.2 Å². The SMILES string of the molecule is c1ccc(-c2ccc(N(c3ccc(-n4c5ccccc5c5ccccc54)cc3)c3ccc4c(c3)nc3n(-c5ccccc5)c5oc6ccccc6c5n43)cc2)cc1. The van der Waals surface area contributed by atoms with Gasteiger partial charge in [-0.3, -0.25) is 4.40 Å². The summed E-state index contributed by atoms with van der Waals surface area (Å²) in [6.07, 6.45) is 0. The van der Waals surface area contributed by atoms with E-state index in [9.17, 15) is 0 Å². The number of fused-ring (bicyclic) bond motifs is 10. The molecule has 4 heterocycles. The number of aromatic nitrogens is 4. The number of furan rings is 1.